The van der Waals surface area contributed by atoms with Crippen LogP contribution in [0.25, 0.3) is 10.9 Å². The number of para-hydroxylation sites is 1. The Labute approximate surface area is 116 Å². The first-order valence-corrected chi connectivity index (χ1v) is 6.88. The van der Waals surface area contributed by atoms with Gasteiger partial charge in [-0.05, 0) is 25.0 Å². The van der Waals surface area contributed by atoms with Crippen LogP contribution in [0, 0.1) is 5.92 Å². The molecule has 0 spiro atoms. The van der Waals surface area contributed by atoms with Crippen molar-refractivity contribution in [3.8, 4) is 0 Å². The third-order valence-electron chi connectivity index (χ3n) is 3.49. The molecular formula is C15H17N3O2. The molecule has 0 radical (unpaired) electrons. The van der Waals surface area contributed by atoms with E-state index in [4.69, 9.17) is 0 Å². The number of nitrogens with one attached hydrogen (secondary N) is 3. The molecule has 5 heteroatoms. The maximum absolute atomic E-state index is 12.1. The van der Waals surface area contributed by atoms with Crippen molar-refractivity contribution in [3.05, 3.63) is 36.0 Å². The van der Waals surface area contributed by atoms with Crippen molar-refractivity contribution in [2.24, 2.45) is 5.92 Å². The molecule has 0 bridgehead atoms. The van der Waals surface area contributed by atoms with Gasteiger partial charge in [0.2, 0.25) is 5.91 Å². The molecule has 20 heavy (non-hydrogen) atoms. The zero-order valence-electron chi connectivity index (χ0n) is 11.1. The lowest BCUT2D eigenvalue weighted by molar-refractivity contribution is -0.122. The van der Waals surface area contributed by atoms with Gasteiger partial charge >= 0.3 is 0 Å². The van der Waals surface area contributed by atoms with E-state index in [1.807, 2.05) is 24.4 Å². The molecule has 0 saturated heterocycles. The Hall–Kier alpha value is -2.30. The zero-order valence-corrected chi connectivity index (χ0v) is 11.1. The summed E-state index contributed by atoms with van der Waals surface area (Å²) in [6, 6.07) is 7.54. The standard InChI is InChI=1S/C15H17N3O2/c19-14(11-4-5-11)17-8-9-18-15(20)12-3-1-2-10-6-7-16-13(10)12/h1-3,6-7,11,16H,4-5,8-9H2,(H,17,19)(H,18,20). The van der Waals surface area contributed by atoms with E-state index in [2.05, 4.69) is 15.6 Å². The summed E-state index contributed by atoms with van der Waals surface area (Å²) in [4.78, 5) is 26.6. The molecule has 1 fully saturated rings. The van der Waals surface area contributed by atoms with Crippen LogP contribution in [0.4, 0.5) is 0 Å². The Bertz CT molecular complexity index is 643. The highest BCUT2D eigenvalue weighted by molar-refractivity contribution is 6.05. The second-order valence-corrected chi connectivity index (χ2v) is 5.07. The van der Waals surface area contributed by atoms with Crippen molar-refractivity contribution in [2.45, 2.75) is 12.8 Å². The predicted octanol–water partition coefficient (Wildman–Crippen LogP) is 1.42. The molecule has 1 saturated carbocycles. The van der Waals surface area contributed by atoms with Gasteiger partial charge in [-0.3, -0.25) is 9.59 Å². The maximum Gasteiger partial charge on any atom is 0.253 e. The van der Waals surface area contributed by atoms with Gasteiger partial charge in [-0.1, -0.05) is 12.1 Å². The largest absolute Gasteiger partial charge is 0.361 e. The number of aromatic nitrogens is 1. The van der Waals surface area contributed by atoms with E-state index in [0.717, 1.165) is 23.7 Å². The molecular weight excluding hydrogens is 254 g/mol. The normalized spacial score (nSPS) is 14.2. The average molecular weight is 271 g/mol. The lowest BCUT2D eigenvalue weighted by Gasteiger charge is -2.07. The van der Waals surface area contributed by atoms with Crippen molar-refractivity contribution in [2.75, 3.05) is 13.1 Å². The third kappa shape index (κ3) is 2.66. The minimum atomic E-state index is -0.126. The SMILES string of the molecule is O=C(NCCNC(=O)C1CC1)c1cccc2cc[nH]c12. The Balaban J connectivity index is 1.53. The summed E-state index contributed by atoms with van der Waals surface area (Å²) in [5.41, 5.74) is 1.47. The molecule has 2 aromatic rings. The number of amides is 2. The second kappa shape index (κ2) is 5.36. The molecule has 104 valence electrons. The van der Waals surface area contributed by atoms with Gasteiger partial charge in [-0.2, -0.15) is 0 Å². The summed E-state index contributed by atoms with van der Waals surface area (Å²) < 4.78 is 0. The summed E-state index contributed by atoms with van der Waals surface area (Å²) >= 11 is 0. The van der Waals surface area contributed by atoms with Crippen LogP contribution < -0.4 is 10.6 Å². The van der Waals surface area contributed by atoms with Gasteiger partial charge in [-0.25, -0.2) is 0 Å². The van der Waals surface area contributed by atoms with Gasteiger partial charge in [-0.15, -0.1) is 0 Å². The van der Waals surface area contributed by atoms with Crippen molar-refractivity contribution < 1.29 is 9.59 Å². The fraction of sp³-hybridized carbons (Fsp3) is 0.333. The Kier molecular flexibility index (Phi) is 3.41. The minimum Gasteiger partial charge on any atom is -0.361 e. The van der Waals surface area contributed by atoms with Crippen LogP contribution in [-0.2, 0) is 4.79 Å². The van der Waals surface area contributed by atoms with Crippen molar-refractivity contribution in [3.63, 3.8) is 0 Å². The van der Waals surface area contributed by atoms with Crippen LogP contribution >= 0.6 is 0 Å². The van der Waals surface area contributed by atoms with Gasteiger partial charge in [0.15, 0.2) is 0 Å². The molecule has 1 heterocycles. The van der Waals surface area contributed by atoms with Gasteiger partial charge in [0.05, 0.1) is 11.1 Å². The fourth-order valence-electron chi connectivity index (χ4n) is 2.22. The highest BCUT2D eigenvalue weighted by Crippen LogP contribution is 2.28. The molecule has 0 atom stereocenters. The summed E-state index contributed by atoms with van der Waals surface area (Å²) in [5, 5.41) is 6.66. The zero-order chi connectivity index (χ0) is 13.9. The minimum absolute atomic E-state index is 0.103. The first-order valence-electron chi connectivity index (χ1n) is 6.88. The number of carbonyl (C=O) groups excluding carboxylic acids is 2. The maximum atomic E-state index is 12.1. The number of fused-ring (bicyclic) bond motifs is 1. The number of benzene rings is 1. The molecule has 0 unspecified atom stereocenters. The first-order chi connectivity index (χ1) is 9.75. The van der Waals surface area contributed by atoms with Crippen LogP contribution in [0.15, 0.2) is 30.5 Å². The van der Waals surface area contributed by atoms with Gasteiger partial charge in [0.25, 0.3) is 5.91 Å². The van der Waals surface area contributed by atoms with E-state index in [-0.39, 0.29) is 17.7 Å². The molecule has 3 N–H and O–H groups in total. The van der Waals surface area contributed by atoms with E-state index in [1.165, 1.54) is 0 Å². The quantitative estimate of drug-likeness (QED) is 0.720. The summed E-state index contributed by atoms with van der Waals surface area (Å²) in [6.07, 6.45) is 3.80. The van der Waals surface area contributed by atoms with Gasteiger partial charge in [0.1, 0.15) is 0 Å². The van der Waals surface area contributed by atoms with Crippen LogP contribution in [0.5, 0.6) is 0 Å². The molecule has 3 rings (SSSR count). The molecule has 1 aromatic carbocycles. The number of hydrogen-bond acceptors (Lipinski definition) is 2. The lowest BCUT2D eigenvalue weighted by Crippen LogP contribution is -2.35. The first kappa shape index (κ1) is 12.7. The predicted molar refractivity (Wildman–Crippen MR) is 76.4 cm³/mol. The van der Waals surface area contributed by atoms with Crippen molar-refractivity contribution in [1.29, 1.82) is 0 Å². The van der Waals surface area contributed by atoms with Gasteiger partial charge in [0, 0.05) is 30.6 Å². The Morgan fingerprint density at radius 3 is 2.75 bits per heavy atom. The highest BCUT2D eigenvalue weighted by atomic mass is 16.2. The lowest BCUT2D eigenvalue weighted by atomic mass is 10.1. The van der Waals surface area contributed by atoms with E-state index in [0.29, 0.717) is 18.7 Å². The second-order valence-electron chi connectivity index (χ2n) is 5.07. The Morgan fingerprint density at radius 2 is 1.95 bits per heavy atom. The number of H-pyrrole nitrogens is 1. The smallest absolute Gasteiger partial charge is 0.253 e. The fourth-order valence-corrected chi connectivity index (χ4v) is 2.22. The number of carbonyl (C=O) groups is 2. The molecule has 1 aliphatic rings. The van der Waals surface area contributed by atoms with Gasteiger partial charge < -0.3 is 15.6 Å². The van der Waals surface area contributed by atoms with E-state index in [9.17, 15) is 9.59 Å². The monoisotopic (exact) mass is 271 g/mol. The van der Waals surface area contributed by atoms with Crippen LogP contribution in [-0.4, -0.2) is 29.9 Å². The van der Waals surface area contributed by atoms with Crippen LogP contribution in [0.1, 0.15) is 23.2 Å². The van der Waals surface area contributed by atoms with E-state index >= 15 is 0 Å². The molecule has 1 aliphatic carbocycles. The Morgan fingerprint density at radius 1 is 1.15 bits per heavy atom. The third-order valence-corrected chi connectivity index (χ3v) is 3.49. The summed E-state index contributed by atoms with van der Waals surface area (Å²) in [6.45, 7) is 0.913. The van der Waals surface area contributed by atoms with E-state index < -0.39 is 0 Å². The van der Waals surface area contributed by atoms with Crippen LogP contribution in [0.3, 0.4) is 0 Å². The topological polar surface area (TPSA) is 74.0 Å². The van der Waals surface area contributed by atoms with Crippen molar-refractivity contribution >= 4 is 22.7 Å². The molecule has 5 nitrogen and oxygen atoms in total. The summed E-state index contributed by atoms with van der Waals surface area (Å²) in [5.74, 6) is 0.183. The molecule has 1 aromatic heterocycles. The highest BCUT2D eigenvalue weighted by Gasteiger charge is 2.28. The number of hydrogen-bond donors (Lipinski definition) is 3. The summed E-state index contributed by atoms with van der Waals surface area (Å²) in [7, 11) is 0. The number of aromatic amines is 1. The van der Waals surface area contributed by atoms with Crippen LogP contribution in [0.2, 0.25) is 0 Å². The molecule has 2 amide bonds. The number of rotatable bonds is 5. The van der Waals surface area contributed by atoms with Crippen molar-refractivity contribution in [1.82, 2.24) is 15.6 Å². The molecule has 0 aliphatic heterocycles. The van der Waals surface area contributed by atoms with E-state index in [1.54, 1.807) is 6.07 Å². The average Bonchev–Trinajstić information content (AvgIpc) is 3.20.